The van der Waals surface area contributed by atoms with Gasteiger partial charge in [0.25, 0.3) is 0 Å². The van der Waals surface area contributed by atoms with Crippen molar-refractivity contribution in [2.75, 3.05) is 45.8 Å². The lowest BCUT2D eigenvalue weighted by Gasteiger charge is -2.36. The number of piperidine rings is 1. The third-order valence-corrected chi connectivity index (χ3v) is 5.17. The van der Waals surface area contributed by atoms with Crippen LogP contribution in [0.15, 0.2) is 0 Å². The molecule has 1 atom stereocenters. The van der Waals surface area contributed by atoms with E-state index < -0.39 is 0 Å². The highest BCUT2D eigenvalue weighted by Gasteiger charge is 2.25. The summed E-state index contributed by atoms with van der Waals surface area (Å²) in [4.78, 5) is 5.35. The normalized spacial score (nSPS) is 24.6. The third-order valence-electron chi connectivity index (χ3n) is 5.17. The van der Waals surface area contributed by atoms with Gasteiger partial charge in [0.1, 0.15) is 0 Å². The minimum absolute atomic E-state index is 0.401. The average Bonchev–Trinajstić information content (AvgIpc) is 2.91. The summed E-state index contributed by atoms with van der Waals surface area (Å²) < 4.78 is 0. The molecule has 0 amide bonds. The third kappa shape index (κ3) is 6.25. The average molecular weight is 296 g/mol. The zero-order valence-corrected chi connectivity index (χ0v) is 14.6. The van der Waals surface area contributed by atoms with Crippen molar-refractivity contribution in [3.05, 3.63) is 0 Å². The molecule has 0 saturated carbocycles. The van der Waals surface area contributed by atoms with Crippen molar-refractivity contribution >= 4 is 0 Å². The molecular weight excluding hydrogens is 258 g/mol. The van der Waals surface area contributed by atoms with E-state index in [1.54, 1.807) is 0 Å². The van der Waals surface area contributed by atoms with E-state index in [2.05, 4.69) is 30.6 Å². The summed E-state index contributed by atoms with van der Waals surface area (Å²) >= 11 is 0. The highest BCUT2D eigenvalue weighted by molar-refractivity contribution is 4.80. The van der Waals surface area contributed by atoms with Gasteiger partial charge in [0.15, 0.2) is 0 Å². The predicted octanol–water partition coefficient (Wildman–Crippen LogP) is 2.81. The Labute approximate surface area is 132 Å². The monoisotopic (exact) mass is 295 g/mol. The quantitative estimate of drug-likeness (QED) is 0.818. The Balaban J connectivity index is 1.67. The molecule has 124 valence electrons. The number of nitrogens with zero attached hydrogens (tertiary/aromatic N) is 2. The number of hydrogen-bond donors (Lipinski definition) is 1. The van der Waals surface area contributed by atoms with Crippen LogP contribution in [0.2, 0.25) is 0 Å². The molecule has 0 aliphatic carbocycles. The molecule has 2 heterocycles. The summed E-state index contributed by atoms with van der Waals surface area (Å²) in [6, 6.07) is 0. The van der Waals surface area contributed by atoms with Gasteiger partial charge in [-0.2, -0.15) is 0 Å². The second-order valence-corrected chi connectivity index (χ2v) is 8.62. The standard InChI is InChI=1S/C18H37N3/c1-18(2,3)12-17(13-19)15-21-10-6-16(7-11-21)14-20-8-4-5-9-20/h16-17H,4-15,19H2,1-3H3. The summed E-state index contributed by atoms with van der Waals surface area (Å²) in [5.41, 5.74) is 6.40. The molecule has 2 fully saturated rings. The van der Waals surface area contributed by atoms with E-state index in [0.29, 0.717) is 11.3 Å². The second kappa shape index (κ2) is 7.94. The number of likely N-dealkylation sites (tertiary alicyclic amines) is 2. The minimum atomic E-state index is 0.401. The van der Waals surface area contributed by atoms with Gasteiger partial charge in [-0.1, -0.05) is 20.8 Å². The Kier molecular flexibility index (Phi) is 6.51. The van der Waals surface area contributed by atoms with Gasteiger partial charge in [0.05, 0.1) is 0 Å². The lowest BCUT2D eigenvalue weighted by Crippen LogP contribution is -2.42. The van der Waals surface area contributed by atoms with Crippen LogP contribution in [0.5, 0.6) is 0 Å². The first-order chi connectivity index (χ1) is 9.96. The van der Waals surface area contributed by atoms with Gasteiger partial charge in [-0.3, -0.25) is 0 Å². The summed E-state index contributed by atoms with van der Waals surface area (Å²) in [7, 11) is 0. The molecule has 3 heteroatoms. The SMILES string of the molecule is CC(C)(C)CC(CN)CN1CCC(CN2CCCC2)CC1. The van der Waals surface area contributed by atoms with Crippen LogP contribution < -0.4 is 5.73 Å². The van der Waals surface area contributed by atoms with E-state index >= 15 is 0 Å². The maximum absolute atomic E-state index is 6.00. The molecule has 0 radical (unpaired) electrons. The predicted molar refractivity (Wildman–Crippen MR) is 91.5 cm³/mol. The molecule has 2 aliphatic rings. The van der Waals surface area contributed by atoms with Crippen molar-refractivity contribution in [3.63, 3.8) is 0 Å². The second-order valence-electron chi connectivity index (χ2n) is 8.62. The van der Waals surface area contributed by atoms with Crippen LogP contribution in [0.4, 0.5) is 0 Å². The first kappa shape index (κ1) is 17.2. The number of hydrogen-bond acceptors (Lipinski definition) is 3. The van der Waals surface area contributed by atoms with Crippen molar-refractivity contribution in [2.45, 2.75) is 52.9 Å². The highest BCUT2D eigenvalue weighted by atomic mass is 15.2. The zero-order chi connectivity index (χ0) is 15.3. The van der Waals surface area contributed by atoms with Crippen molar-refractivity contribution < 1.29 is 0 Å². The van der Waals surface area contributed by atoms with Crippen molar-refractivity contribution in [2.24, 2.45) is 23.0 Å². The zero-order valence-electron chi connectivity index (χ0n) is 14.6. The van der Waals surface area contributed by atoms with Gasteiger partial charge in [0.2, 0.25) is 0 Å². The fourth-order valence-corrected chi connectivity index (χ4v) is 4.14. The Morgan fingerprint density at radius 2 is 1.62 bits per heavy atom. The molecule has 0 aromatic carbocycles. The van der Waals surface area contributed by atoms with Gasteiger partial charge in [-0.05, 0) is 82.1 Å². The van der Waals surface area contributed by atoms with Crippen molar-refractivity contribution in [1.29, 1.82) is 0 Å². The topological polar surface area (TPSA) is 32.5 Å². The van der Waals surface area contributed by atoms with Gasteiger partial charge in [0, 0.05) is 13.1 Å². The van der Waals surface area contributed by atoms with E-state index in [1.807, 2.05) is 0 Å². The van der Waals surface area contributed by atoms with E-state index in [-0.39, 0.29) is 0 Å². The van der Waals surface area contributed by atoms with Gasteiger partial charge >= 0.3 is 0 Å². The molecule has 2 saturated heterocycles. The van der Waals surface area contributed by atoms with Gasteiger partial charge in [-0.25, -0.2) is 0 Å². The van der Waals surface area contributed by atoms with Crippen LogP contribution in [-0.2, 0) is 0 Å². The van der Waals surface area contributed by atoms with Crippen molar-refractivity contribution in [3.8, 4) is 0 Å². The van der Waals surface area contributed by atoms with Crippen LogP contribution in [0.25, 0.3) is 0 Å². The molecule has 0 aromatic rings. The maximum Gasteiger partial charge on any atom is 0.00219 e. The summed E-state index contributed by atoms with van der Waals surface area (Å²) in [6.07, 6.45) is 6.87. The maximum atomic E-state index is 6.00. The van der Waals surface area contributed by atoms with Crippen LogP contribution in [-0.4, -0.2) is 55.6 Å². The first-order valence-corrected chi connectivity index (χ1v) is 9.11. The molecule has 3 nitrogen and oxygen atoms in total. The molecule has 0 aromatic heterocycles. The molecule has 21 heavy (non-hydrogen) atoms. The van der Waals surface area contributed by atoms with Gasteiger partial charge < -0.3 is 15.5 Å². The lowest BCUT2D eigenvalue weighted by atomic mass is 9.84. The van der Waals surface area contributed by atoms with E-state index in [4.69, 9.17) is 5.73 Å². The van der Waals surface area contributed by atoms with E-state index in [9.17, 15) is 0 Å². The van der Waals surface area contributed by atoms with E-state index in [0.717, 1.165) is 12.5 Å². The van der Waals surface area contributed by atoms with Crippen molar-refractivity contribution in [1.82, 2.24) is 9.80 Å². The fourth-order valence-electron chi connectivity index (χ4n) is 4.14. The number of nitrogens with two attached hydrogens (primary N) is 1. The largest absolute Gasteiger partial charge is 0.330 e. The smallest absolute Gasteiger partial charge is 0.00219 e. The Morgan fingerprint density at radius 3 is 2.14 bits per heavy atom. The van der Waals surface area contributed by atoms with E-state index in [1.165, 1.54) is 71.4 Å². The van der Waals surface area contributed by atoms with Crippen LogP contribution in [0.3, 0.4) is 0 Å². The molecule has 2 rings (SSSR count). The lowest BCUT2D eigenvalue weighted by molar-refractivity contribution is 0.127. The molecule has 0 bridgehead atoms. The minimum Gasteiger partial charge on any atom is -0.330 e. The highest BCUT2D eigenvalue weighted by Crippen LogP contribution is 2.26. The number of rotatable bonds is 6. The van der Waals surface area contributed by atoms with Gasteiger partial charge in [-0.15, -0.1) is 0 Å². The Morgan fingerprint density at radius 1 is 1.00 bits per heavy atom. The molecule has 1 unspecified atom stereocenters. The summed E-state index contributed by atoms with van der Waals surface area (Å²) in [6.45, 7) is 15.7. The van der Waals surface area contributed by atoms with Crippen LogP contribution >= 0.6 is 0 Å². The molecule has 2 aliphatic heterocycles. The Hall–Kier alpha value is -0.120. The van der Waals surface area contributed by atoms with Crippen LogP contribution in [0.1, 0.15) is 52.9 Å². The molecule has 0 spiro atoms. The molecular formula is C18H37N3. The summed E-state index contributed by atoms with van der Waals surface area (Å²) in [5.74, 6) is 1.61. The summed E-state index contributed by atoms with van der Waals surface area (Å²) in [5, 5.41) is 0. The fraction of sp³-hybridized carbons (Fsp3) is 1.00. The Bertz CT molecular complexity index is 283. The first-order valence-electron chi connectivity index (χ1n) is 9.11. The molecule has 2 N–H and O–H groups in total. The van der Waals surface area contributed by atoms with Crippen LogP contribution in [0, 0.1) is 17.3 Å².